The van der Waals surface area contributed by atoms with Gasteiger partial charge in [-0.3, -0.25) is 14.4 Å². The third-order valence-corrected chi connectivity index (χ3v) is 5.04. The van der Waals surface area contributed by atoms with Crippen LogP contribution in [0.5, 0.6) is 0 Å². The van der Waals surface area contributed by atoms with E-state index in [4.69, 9.17) is 10.8 Å². The van der Waals surface area contributed by atoms with Crippen molar-refractivity contribution in [3.8, 4) is 0 Å². The van der Waals surface area contributed by atoms with Crippen molar-refractivity contribution in [2.24, 2.45) is 11.7 Å². The van der Waals surface area contributed by atoms with Crippen molar-refractivity contribution >= 4 is 48.9 Å². The Morgan fingerprint density at radius 2 is 1.61 bits per heavy atom. The van der Waals surface area contributed by atoms with Gasteiger partial charge in [-0.2, -0.15) is 25.3 Å². The average Bonchev–Trinajstić information content (AvgIpc) is 3.22. The van der Waals surface area contributed by atoms with Crippen LogP contribution < -0.4 is 21.7 Å². The normalized spacial score (nSPS) is 14.9. The Balaban J connectivity index is 3.00. The van der Waals surface area contributed by atoms with Gasteiger partial charge in [-0.1, -0.05) is 13.8 Å². The fraction of sp³-hybridized carbons (Fsp3) is 0.611. The average molecular weight is 475 g/mol. The van der Waals surface area contributed by atoms with E-state index in [1.165, 1.54) is 12.5 Å². The Labute approximate surface area is 191 Å². The molecule has 0 aliphatic carbocycles. The smallest absolute Gasteiger partial charge is 0.327 e. The molecule has 174 valence electrons. The molecule has 7 N–H and O–H groups in total. The van der Waals surface area contributed by atoms with Gasteiger partial charge in [0, 0.05) is 29.8 Å². The molecule has 4 unspecified atom stereocenters. The molecule has 13 heteroatoms. The molecule has 0 bridgehead atoms. The van der Waals surface area contributed by atoms with Crippen molar-refractivity contribution in [2.75, 3.05) is 11.5 Å². The number of thiol groups is 2. The number of nitrogens with one attached hydrogen (secondary N) is 4. The van der Waals surface area contributed by atoms with Crippen LogP contribution in [0.1, 0.15) is 26.0 Å². The minimum absolute atomic E-state index is 0.0218. The molecule has 1 heterocycles. The number of nitrogens with two attached hydrogens (primary N) is 1. The van der Waals surface area contributed by atoms with Gasteiger partial charge in [0.25, 0.3) is 0 Å². The third kappa shape index (κ3) is 9.19. The summed E-state index contributed by atoms with van der Waals surface area (Å²) in [6, 6.07) is -4.16. The second-order valence-electron chi connectivity index (χ2n) is 7.40. The first kappa shape index (κ1) is 26.8. The third-order valence-electron chi connectivity index (χ3n) is 4.28. The number of amides is 3. The Bertz CT molecular complexity index is 746. The molecular weight excluding hydrogens is 444 g/mol. The van der Waals surface area contributed by atoms with Gasteiger partial charge in [0.15, 0.2) is 0 Å². The standard InChI is InChI=1S/C18H30N6O5S2/c1-9(2)3-12(16(26)24-14(7-31)18(28)29)23-17(27)13(4-10-5-20-8-21-10)22-15(25)11(19)6-30/h5,8-9,11-14,30-31H,3-4,6-7,19H2,1-2H3,(H,20,21)(H,22,25)(H,23,27)(H,24,26)(H,28,29). The molecule has 0 aliphatic heterocycles. The molecule has 3 amide bonds. The lowest BCUT2D eigenvalue weighted by molar-refractivity contribution is -0.141. The maximum Gasteiger partial charge on any atom is 0.327 e. The summed E-state index contributed by atoms with van der Waals surface area (Å²) in [6.07, 6.45) is 3.29. The van der Waals surface area contributed by atoms with Crippen LogP contribution in [0.15, 0.2) is 12.5 Å². The van der Waals surface area contributed by atoms with Crippen LogP contribution in [-0.2, 0) is 25.6 Å². The Hall–Kier alpha value is -2.25. The number of aromatic amines is 1. The van der Waals surface area contributed by atoms with E-state index >= 15 is 0 Å². The quantitative estimate of drug-likeness (QED) is 0.164. The molecule has 11 nitrogen and oxygen atoms in total. The number of aliphatic carboxylic acids is 1. The van der Waals surface area contributed by atoms with E-state index in [-0.39, 0.29) is 30.3 Å². The van der Waals surface area contributed by atoms with Crippen LogP contribution in [0.25, 0.3) is 0 Å². The number of carbonyl (C=O) groups excluding carboxylic acids is 3. The molecule has 0 aromatic carbocycles. The summed E-state index contributed by atoms with van der Waals surface area (Å²) in [6.45, 7) is 3.71. The van der Waals surface area contributed by atoms with Gasteiger partial charge in [0.05, 0.1) is 12.4 Å². The van der Waals surface area contributed by atoms with Gasteiger partial charge >= 0.3 is 5.97 Å². The van der Waals surface area contributed by atoms with Crippen molar-refractivity contribution in [2.45, 2.75) is 50.9 Å². The van der Waals surface area contributed by atoms with Gasteiger partial charge < -0.3 is 31.8 Å². The molecule has 1 aromatic heterocycles. The second-order valence-corrected chi connectivity index (χ2v) is 8.13. The van der Waals surface area contributed by atoms with Crippen LogP contribution in [-0.4, -0.2) is 74.4 Å². The summed E-state index contributed by atoms with van der Waals surface area (Å²) in [7, 11) is 0. The molecule has 0 saturated heterocycles. The van der Waals surface area contributed by atoms with Gasteiger partial charge in [-0.25, -0.2) is 9.78 Å². The van der Waals surface area contributed by atoms with Crippen molar-refractivity contribution in [1.29, 1.82) is 0 Å². The van der Waals surface area contributed by atoms with Crippen LogP contribution in [0, 0.1) is 5.92 Å². The maximum atomic E-state index is 13.0. The van der Waals surface area contributed by atoms with Crippen LogP contribution in [0.4, 0.5) is 0 Å². The highest BCUT2D eigenvalue weighted by Gasteiger charge is 2.30. The summed E-state index contributed by atoms with van der Waals surface area (Å²) in [4.78, 5) is 55.8. The Morgan fingerprint density at radius 3 is 2.10 bits per heavy atom. The molecule has 31 heavy (non-hydrogen) atoms. The van der Waals surface area contributed by atoms with E-state index in [9.17, 15) is 19.2 Å². The van der Waals surface area contributed by atoms with Crippen molar-refractivity contribution in [3.63, 3.8) is 0 Å². The lowest BCUT2D eigenvalue weighted by Gasteiger charge is -2.25. The lowest BCUT2D eigenvalue weighted by Crippen LogP contribution is -2.58. The Morgan fingerprint density at radius 1 is 1.03 bits per heavy atom. The van der Waals surface area contributed by atoms with E-state index in [1.54, 1.807) is 0 Å². The fourth-order valence-corrected chi connectivity index (χ4v) is 3.03. The van der Waals surface area contributed by atoms with Crippen molar-refractivity contribution < 1.29 is 24.3 Å². The van der Waals surface area contributed by atoms with Crippen LogP contribution >= 0.6 is 25.3 Å². The molecule has 0 spiro atoms. The number of H-pyrrole nitrogens is 1. The number of imidazole rings is 1. The predicted molar refractivity (Wildman–Crippen MR) is 121 cm³/mol. The molecule has 0 fully saturated rings. The first-order chi connectivity index (χ1) is 14.6. The molecule has 0 radical (unpaired) electrons. The Kier molecular flexibility index (Phi) is 11.4. The maximum absolute atomic E-state index is 13.0. The van der Waals surface area contributed by atoms with E-state index in [2.05, 4.69) is 51.2 Å². The molecule has 0 aliphatic rings. The number of hydrogen-bond donors (Lipinski definition) is 8. The highest BCUT2D eigenvalue weighted by atomic mass is 32.1. The molecule has 1 rings (SSSR count). The van der Waals surface area contributed by atoms with E-state index < -0.39 is 47.9 Å². The fourth-order valence-electron chi connectivity index (χ4n) is 2.62. The zero-order valence-electron chi connectivity index (χ0n) is 17.4. The highest BCUT2D eigenvalue weighted by molar-refractivity contribution is 7.80. The number of rotatable bonds is 13. The number of hydrogen-bond acceptors (Lipinski definition) is 8. The van der Waals surface area contributed by atoms with E-state index in [0.717, 1.165) is 0 Å². The number of carboxylic acid groups (broad SMARTS) is 1. The second kappa shape index (κ2) is 13.2. The monoisotopic (exact) mass is 474 g/mol. The zero-order chi connectivity index (χ0) is 23.6. The van der Waals surface area contributed by atoms with Crippen LogP contribution in [0.2, 0.25) is 0 Å². The van der Waals surface area contributed by atoms with Gasteiger partial charge in [0.2, 0.25) is 17.7 Å². The summed E-state index contributed by atoms with van der Waals surface area (Å²) in [5, 5.41) is 16.7. The first-order valence-electron chi connectivity index (χ1n) is 9.67. The first-order valence-corrected chi connectivity index (χ1v) is 10.9. The minimum Gasteiger partial charge on any atom is -0.480 e. The number of carbonyl (C=O) groups is 4. The number of nitrogens with zero attached hydrogens (tertiary/aromatic N) is 1. The number of aromatic nitrogens is 2. The summed E-state index contributed by atoms with van der Waals surface area (Å²) < 4.78 is 0. The van der Waals surface area contributed by atoms with Crippen molar-refractivity contribution in [1.82, 2.24) is 25.9 Å². The summed E-state index contributed by atoms with van der Waals surface area (Å²) >= 11 is 7.91. The van der Waals surface area contributed by atoms with E-state index in [1.807, 2.05) is 13.8 Å². The van der Waals surface area contributed by atoms with E-state index in [0.29, 0.717) is 5.69 Å². The topological polar surface area (TPSA) is 179 Å². The summed E-state index contributed by atoms with van der Waals surface area (Å²) in [5.41, 5.74) is 6.27. The van der Waals surface area contributed by atoms with Crippen molar-refractivity contribution in [3.05, 3.63) is 18.2 Å². The van der Waals surface area contributed by atoms with Gasteiger partial charge in [0.1, 0.15) is 18.1 Å². The largest absolute Gasteiger partial charge is 0.480 e. The minimum atomic E-state index is -1.23. The van der Waals surface area contributed by atoms with Gasteiger partial charge in [-0.05, 0) is 12.3 Å². The highest BCUT2D eigenvalue weighted by Crippen LogP contribution is 2.08. The molecular formula is C18H30N6O5S2. The number of carboxylic acids is 1. The zero-order valence-corrected chi connectivity index (χ0v) is 19.2. The molecule has 1 aromatic rings. The predicted octanol–water partition coefficient (Wildman–Crippen LogP) is -1.28. The van der Waals surface area contributed by atoms with Crippen LogP contribution in [0.3, 0.4) is 0 Å². The van der Waals surface area contributed by atoms with Gasteiger partial charge in [-0.15, -0.1) is 0 Å². The SMILES string of the molecule is CC(C)CC(NC(=O)C(Cc1cnc[nH]1)NC(=O)C(N)CS)C(=O)NC(CS)C(=O)O. The molecule has 4 atom stereocenters. The lowest BCUT2D eigenvalue weighted by atomic mass is 10.0. The summed E-state index contributed by atoms with van der Waals surface area (Å²) in [5.74, 6) is -3.07. The molecule has 0 saturated carbocycles.